The average molecular weight is 316 g/mol. The van der Waals surface area contributed by atoms with Crippen LogP contribution >= 0.6 is 22.9 Å². The van der Waals surface area contributed by atoms with Crippen molar-refractivity contribution >= 4 is 22.9 Å². The molecular formula is C17H30ClNS. The lowest BCUT2D eigenvalue weighted by Crippen LogP contribution is -2.30. The van der Waals surface area contributed by atoms with Crippen LogP contribution in [0.1, 0.15) is 70.1 Å². The zero-order valence-electron chi connectivity index (χ0n) is 13.1. The fourth-order valence-corrected chi connectivity index (χ4v) is 3.78. The lowest BCUT2D eigenvalue weighted by Gasteiger charge is -2.17. The van der Waals surface area contributed by atoms with Gasteiger partial charge in [0.15, 0.2) is 0 Å². The molecular weight excluding hydrogens is 286 g/mol. The molecule has 0 bridgehead atoms. The van der Waals surface area contributed by atoms with Crippen LogP contribution in [0.15, 0.2) is 12.1 Å². The molecule has 0 spiro atoms. The van der Waals surface area contributed by atoms with Crippen LogP contribution in [0.25, 0.3) is 0 Å². The number of likely N-dealkylation sites (N-methyl/N-ethyl adjacent to an activating group) is 1. The quantitative estimate of drug-likeness (QED) is 0.462. The Hall–Kier alpha value is -0.0500. The molecule has 1 rings (SSSR count). The third-order valence-corrected chi connectivity index (χ3v) is 4.98. The van der Waals surface area contributed by atoms with Crippen molar-refractivity contribution in [3.8, 4) is 0 Å². The second kappa shape index (κ2) is 11.6. The summed E-state index contributed by atoms with van der Waals surface area (Å²) < 4.78 is 0.908. The van der Waals surface area contributed by atoms with Gasteiger partial charge < -0.3 is 5.32 Å². The molecule has 3 heteroatoms. The van der Waals surface area contributed by atoms with E-state index in [0.717, 1.165) is 17.3 Å². The van der Waals surface area contributed by atoms with Crippen LogP contribution in [0.2, 0.25) is 4.34 Å². The Morgan fingerprint density at radius 3 is 2.35 bits per heavy atom. The second-order valence-corrected chi connectivity index (χ2v) is 7.37. The van der Waals surface area contributed by atoms with Crippen LogP contribution in [0.3, 0.4) is 0 Å². The molecule has 1 nitrogen and oxygen atoms in total. The molecule has 0 amide bonds. The van der Waals surface area contributed by atoms with Gasteiger partial charge >= 0.3 is 0 Å². The van der Waals surface area contributed by atoms with Gasteiger partial charge in [-0.15, -0.1) is 11.3 Å². The molecule has 0 radical (unpaired) electrons. The van der Waals surface area contributed by atoms with Crippen molar-refractivity contribution in [2.45, 2.75) is 77.7 Å². The lowest BCUT2D eigenvalue weighted by atomic mass is 10.0. The highest BCUT2D eigenvalue weighted by Gasteiger charge is 2.09. The zero-order chi connectivity index (χ0) is 14.6. The third kappa shape index (κ3) is 8.28. The van der Waals surface area contributed by atoms with Crippen molar-refractivity contribution in [3.63, 3.8) is 0 Å². The van der Waals surface area contributed by atoms with E-state index in [1.165, 1.54) is 56.2 Å². The van der Waals surface area contributed by atoms with Crippen LogP contribution in [-0.2, 0) is 6.42 Å². The molecule has 0 aliphatic carbocycles. The minimum Gasteiger partial charge on any atom is -0.314 e. The molecule has 0 aliphatic heterocycles. The predicted octanol–water partition coefficient (Wildman–Crippen LogP) is 6.06. The topological polar surface area (TPSA) is 12.0 Å². The number of rotatable bonds is 12. The second-order valence-electron chi connectivity index (χ2n) is 5.57. The van der Waals surface area contributed by atoms with Crippen LogP contribution in [0, 0.1) is 0 Å². The van der Waals surface area contributed by atoms with Crippen LogP contribution < -0.4 is 5.32 Å². The summed E-state index contributed by atoms with van der Waals surface area (Å²) in [7, 11) is 0. The van der Waals surface area contributed by atoms with E-state index in [4.69, 9.17) is 11.6 Å². The van der Waals surface area contributed by atoms with Gasteiger partial charge in [-0.3, -0.25) is 0 Å². The largest absolute Gasteiger partial charge is 0.314 e. The smallest absolute Gasteiger partial charge is 0.0931 e. The molecule has 0 aliphatic rings. The number of hydrogen-bond acceptors (Lipinski definition) is 2. The van der Waals surface area contributed by atoms with Crippen molar-refractivity contribution < 1.29 is 0 Å². The van der Waals surface area contributed by atoms with Gasteiger partial charge in [-0.25, -0.2) is 0 Å². The lowest BCUT2D eigenvalue weighted by molar-refractivity contribution is 0.461. The molecule has 1 aromatic rings. The van der Waals surface area contributed by atoms with Gasteiger partial charge in [-0.05, 0) is 31.5 Å². The Bertz CT molecular complexity index is 337. The summed E-state index contributed by atoms with van der Waals surface area (Å²) in [6.07, 6.45) is 12.1. The number of thiophene rings is 1. The first-order chi connectivity index (χ1) is 9.76. The van der Waals surface area contributed by atoms with E-state index in [9.17, 15) is 0 Å². The van der Waals surface area contributed by atoms with E-state index in [2.05, 4.69) is 25.2 Å². The van der Waals surface area contributed by atoms with Gasteiger partial charge in [0.2, 0.25) is 0 Å². The molecule has 1 atom stereocenters. The molecule has 0 saturated heterocycles. The highest BCUT2D eigenvalue weighted by Crippen LogP contribution is 2.23. The first-order valence-corrected chi connectivity index (χ1v) is 9.43. The molecule has 116 valence electrons. The van der Waals surface area contributed by atoms with Crippen molar-refractivity contribution in [3.05, 3.63) is 21.3 Å². The van der Waals surface area contributed by atoms with E-state index in [1.807, 2.05) is 6.07 Å². The number of unbranched alkanes of at least 4 members (excludes halogenated alkanes) is 6. The first kappa shape index (κ1) is 18.0. The average Bonchev–Trinajstić information content (AvgIpc) is 2.83. The van der Waals surface area contributed by atoms with Crippen molar-refractivity contribution in [1.29, 1.82) is 0 Å². The Morgan fingerprint density at radius 2 is 1.75 bits per heavy atom. The minimum absolute atomic E-state index is 0.616. The first-order valence-electron chi connectivity index (χ1n) is 8.23. The zero-order valence-corrected chi connectivity index (χ0v) is 14.7. The van der Waals surface area contributed by atoms with Crippen LogP contribution in [0.5, 0.6) is 0 Å². The molecule has 1 heterocycles. The van der Waals surface area contributed by atoms with E-state index in [-0.39, 0.29) is 0 Å². The summed E-state index contributed by atoms with van der Waals surface area (Å²) >= 11 is 7.73. The molecule has 20 heavy (non-hydrogen) atoms. The van der Waals surface area contributed by atoms with E-state index in [0.29, 0.717) is 6.04 Å². The van der Waals surface area contributed by atoms with Crippen molar-refractivity contribution in [2.75, 3.05) is 6.54 Å². The third-order valence-electron chi connectivity index (χ3n) is 3.73. The molecule has 0 fully saturated rings. The predicted molar refractivity (Wildman–Crippen MR) is 93.1 cm³/mol. The Labute approximate surface area is 134 Å². The van der Waals surface area contributed by atoms with Gasteiger partial charge in [0.25, 0.3) is 0 Å². The van der Waals surface area contributed by atoms with Gasteiger partial charge in [0.1, 0.15) is 0 Å². The number of hydrogen-bond donors (Lipinski definition) is 1. The van der Waals surface area contributed by atoms with Crippen LogP contribution in [-0.4, -0.2) is 12.6 Å². The molecule has 0 saturated carbocycles. The monoisotopic (exact) mass is 315 g/mol. The highest BCUT2D eigenvalue weighted by atomic mass is 35.5. The van der Waals surface area contributed by atoms with Gasteiger partial charge in [0, 0.05) is 10.9 Å². The fourth-order valence-electron chi connectivity index (χ4n) is 2.62. The van der Waals surface area contributed by atoms with E-state index < -0.39 is 0 Å². The standard InChI is InChI=1S/C17H30ClNS/c1-3-5-6-7-8-9-10-11-15(19-4-2)14-16-12-13-17(18)20-16/h12-13,15,19H,3-11,14H2,1-2H3. The normalized spacial score (nSPS) is 12.8. The Kier molecular flexibility index (Phi) is 10.4. The Balaban J connectivity index is 2.15. The summed E-state index contributed by atoms with van der Waals surface area (Å²) in [6.45, 7) is 5.53. The summed E-state index contributed by atoms with van der Waals surface area (Å²) in [5.41, 5.74) is 0. The van der Waals surface area contributed by atoms with Gasteiger partial charge in [-0.1, -0.05) is 70.4 Å². The van der Waals surface area contributed by atoms with Gasteiger partial charge in [-0.2, -0.15) is 0 Å². The Morgan fingerprint density at radius 1 is 1.05 bits per heavy atom. The maximum absolute atomic E-state index is 6.01. The van der Waals surface area contributed by atoms with E-state index >= 15 is 0 Å². The minimum atomic E-state index is 0.616. The van der Waals surface area contributed by atoms with Crippen molar-refractivity contribution in [1.82, 2.24) is 5.32 Å². The SMILES string of the molecule is CCCCCCCCCC(Cc1ccc(Cl)s1)NCC. The maximum Gasteiger partial charge on any atom is 0.0931 e. The maximum atomic E-state index is 6.01. The molecule has 1 N–H and O–H groups in total. The summed E-state index contributed by atoms with van der Waals surface area (Å²) in [5.74, 6) is 0. The van der Waals surface area contributed by atoms with E-state index in [1.54, 1.807) is 11.3 Å². The van der Waals surface area contributed by atoms with Crippen LogP contribution in [0.4, 0.5) is 0 Å². The summed E-state index contributed by atoms with van der Waals surface area (Å²) in [6, 6.07) is 4.80. The van der Waals surface area contributed by atoms with Crippen molar-refractivity contribution in [2.24, 2.45) is 0 Å². The molecule has 0 aromatic carbocycles. The molecule has 1 aromatic heterocycles. The molecule has 1 unspecified atom stereocenters. The summed E-state index contributed by atoms with van der Waals surface area (Å²) in [4.78, 5) is 1.41. The fraction of sp³-hybridized carbons (Fsp3) is 0.765. The number of nitrogens with one attached hydrogen (secondary N) is 1. The highest BCUT2D eigenvalue weighted by molar-refractivity contribution is 7.16. The summed E-state index contributed by atoms with van der Waals surface area (Å²) in [5, 5.41) is 3.62. The van der Waals surface area contributed by atoms with Gasteiger partial charge in [0.05, 0.1) is 4.34 Å². The number of halogens is 1.